The van der Waals surface area contributed by atoms with Crippen molar-refractivity contribution in [1.29, 1.82) is 0 Å². The van der Waals surface area contributed by atoms with Crippen molar-refractivity contribution in [2.24, 2.45) is 0 Å². The standard InChI is InChI=1S/C18H14Cl2N2O2/c1-11-15(9-12-3-6-14(24-2)7-4-12)18(23)22(21-11)17-10-13(19)5-8-16(17)20/h3-10,21H,1H2,2H3/b15-9-. The van der Waals surface area contributed by atoms with Crippen molar-refractivity contribution in [3.63, 3.8) is 0 Å². The Labute approximate surface area is 148 Å². The molecular formula is C18H14Cl2N2O2. The molecule has 24 heavy (non-hydrogen) atoms. The monoisotopic (exact) mass is 360 g/mol. The number of benzene rings is 2. The molecule has 0 saturated carbocycles. The average Bonchev–Trinajstić information content (AvgIpc) is 2.86. The zero-order valence-corrected chi connectivity index (χ0v) is 14.4. The molecular weight excluding hydrogens is 347 g/mol. The van der Waals surface area contributed by atoms with E-state index in [0.717, 1.165) is 11.3 Å². The number of ether oxygens (including phenoxy) is 1. The molecule has 6 heteroatoms. The van der Waals surface area contributed by atoms with Gasteiger partial charge in [0.15, 0.2) is 0 Å². The molecule has 0 fully saturated rings. The minimum absolute atomic E-state index is 0.250. The van der Waals surface area contributed by atoms with E-state index < -0.39 is 0 Å². The number of methoxy groups -OCH3 is 1. The Kier molecular flexibility index (Phi) is 4.51. The van der Waals surface area contributed by atoms with Gasteiger partial charge in [-0.15, -0.1) is 0 Å². The van der Waals surface area contributed by atoms with Crippen LogP contribution in [0, 0.1) is 0 Å². The van der Waals surface area contributed by atoms with E-state index in [4.69, 9.17) is 27.9 Å². The molecule has 1 N–H and O–H groups in total. The number of aromatic amines is 1. The first-order valence-corrected chi connectivity index (χ1v) is 7.86. The summed E-state index contributed by atoms with van der Waals surface area (Å²) in [6, 6.07) is 12.3. The molecule has 0 amide bonds. The summed E-state index contributed by atoms with van der Waals surface area (Å²) < 4.78 is 6.47. The molecule has 1 aromatic heterocycles. The Morgan fingerprint density at radius 3 is 2.54 bits per heavy atom. The molecule has 0 aliphatic carbocycles. The number of rotatable bonds is 3. The van der Waals surface area contributed by atoms with E-state index in [1.54, 1.807) is 31.4 Å². The number of aromatic nitrogens is 2. The van der Waals surface area contributed by atoms with Crippen LogP contribution in [0.1, 0.15) is 5.56 Å². The lowest BCUT2D eigenvalue weighted by Crippen LogP contribution is -2.34. The Morgan fingerprint density at radius 1 is 1.17 bits per heavy atom. The number of H-pyrrole nitrogens is 1. The van der Waals surface area contributed by atoms with Crippen LogP contribution in [0.2, 0.25) is 10.0 Å². The molecule has 3 rings (SSSR count). The molecule has 0 atom stereocenters. The molecule has 4 nitrogen and oxygen atoms in total. The fourth-order valence-electron chi connectivity index (χ4n) is 2.34. The second-order valence-electron chi connectivity index (χ2n) is 5.16. The van der Waals surface area contributed by atoms with Crippen molar-refractivity contribution in [2.75, 3.05) is 7.11 Å². The van der Waals surface area contributed by atoms with E-state index in [1.807, 2.05) is 24.3 Å². The lowest BCUT2D eigenvalue weighted by molar-refractivity contribution is 0.415. The number of nitrogens with zero attached hydrogens (tertiary/aromatic N) is 1. The largest absolute Gasteiger partial charge is 0.497 e. The van der Waals surface area contributed by atoms with Crippen molar-refractivity contribution >= 4 is 35.9 Å². The quantitative estimate of drug-likeness (QED) is 0.780. The summed E-state index contributed by atoms with van der Waals surface area (Å²) >= 11 is 12.2. The first-order chi connectivity index (χ1) is 11.5. The van der Waals surface area contributed by atoms with Gasteiger partial charge >= 0.3 is 0 Å². The van der Waals surface area contributed by atoms with E-state index in [-0.39, 0.29) is 5.56 Å². The Hall–Kier alpha value is -2.43. The molecule has 0 saturated heterocycles. The zero-order chi connectivity index (χ0) is 17.3. The highest BCUT2D eigenvalue weighted by Gasteiger charge is 2.09. The number of hydrogen-bond acceptors (Lipinski definition) is 2. The van der Waals surface area contributed by atoms with E-state index in [9.17, 15) is 4.79 Å². The maximum Gasteiger partial charge on any atom is 0.279 e. The summed E-state index contributed by atoms with van der Waals surface area (Å²) in [7, 11) is 1.60. The van der Waals surface area contributed by atoms with Crippen LogP contribution in [0.25, 0.3) is 18.3 Å². The van der Waals surface area contributed by atoms with Crippen molar-refractivity contribution in [2.45, 2.75) is 0 Å². The molecule has 1 heterocycles. The van der Waals surface area contributed by atoms with Crippen LogP contribution in [-0.4, -0.2) is 16.9 Å². The molecule has 0 aliphatic heterocycles. The SMILES string of the molecule is C=c1[nH]n(-c2cc(Cl)ccc2Cl)c(=O)/c1=C\c1ccc(OC)cc1. The lowest BCUT2D eigenvalue weighted by atomic mass is 10.2. The maximum atomic E-state index is 12.7. The molecule has 2 aromatic carbocycles. The van der Waals surface area contributed by atoms with Crippen LogP contribution in [-0.2, 0) is 0 Å². The summed E-state index contributed by atoms with van der Waals surface area (Å²) in [6.07, 6.45) is 1.76. The predicted molar refractivity (Wildman–Crippen MR) is 97.7 cm³/mol. The van der Waals surface area contributed by atoms with Crippen LogP contribution in [0.3, 0.4) is 0 Å². The molecule has 0 unspecified atom stereocenters. The van der Waals surface area contributed by atoms with Gasteiger partial charge in [-0.25, -0.2) is 4.68 Å². The van der Waals surface area contributed by atoms with Crippen molar-refractivity contribution in [3.8, 4) is 11.4 Å². The van der Waals surface area contributed by atoms with Crippen molar-refractivity contribution in [3.05, 3.63) is 79.0 Å². The summed E-state index contributed by atoms with van der Waals surface area (Å²) in [5.74, 6) is 0.749. The van der Waals surface area contributed by atoms with Crippen LogP contribution in [0.4, 0.5) is 0 Å². The highest BCUT2D eigenvalue weighted by Crippen LogP contribution is 2.22. The van der Waals surface area contributed by atoms with Gasteiger partial charge in [0, 0.05) is 5.02 Å². The second kappa shape index (κ2) is 6.59. The number of hydrogen-bond donors (Lipinski definition) is 1. The fraction of sp³-hybridized carbons (Fsp3) is 0.0556. The maximum absolute atomic E-state index is 12.7. The minimum atomic E-state index is -0.250. The third-order valence-electron chi connectivity index (χ3n) is 3.58. The first-order valence-electron chi connectivity index (χ1n) is 7.11. The number of nitrogens with one attached hydrogen (secondary N) is 1. The van der Waals surface area contributed by atoms with E-state index in [1.165, 1.54) is 4.68 Å². The van der Waals surface area contributed by atoms with Crippen LogP contribution in [0.5, 0.6) is 5.75 Å². The summed E-state index contributed by atoms with van der Waals surface area (Å²) in [5.41, 5.74) is 1.09. The molecule has 0 spiro atoms. The van der Waals surface area contributed by atoms with Gasteiger partial charge < -0.3 is 4.74 Å². The van der Waals surface area contributed by atoms with Crippen LogP contribution >= 0.6 is 23.2 Å². The Morgan fingerprint density at radius 2 is 1.88 bits per heavy atom. The molecule has 3 aromatic rings. The van der Waals surface area contributed by atoms with Gasteiger partial charge in [-0.2, -0.15) is 0 Å². The molecule has 122 valence electrons. The predicted octanol–water partition coefficient (Wildman–Crippen LogP) is 2.72. The highest BCUT2D eigenvalue weighted by atomic mass is 35.5. The molecule has 0 aliphatic rings. The van der Waals surface area contributed by atoms with Gasteiger partial charge in [0.1, 0.15) is 5.75 Å². The first kappa shape index (κ1) is 16.4. The van der Waals surface area contributed by atoms with Gasteiger partial charge in [0.05, 0.1) is 28.4 Å². The average molecular weight is 361 g/mol. The third kappa shape index (κ3) is 3.11. The second-order valence-corrected chi connectivity index (χ2v) is 6.00. The molecule has 0 radical (unpaired) electrons. The van der Waals surface area contributed by atoms with E-state index >= 15 is 0 Å². The van der Waals surface area contributed by atoms with Crippen molar-refractivity contribution < 1.29 is 4.74 Å². The van der Waals surface area contributed by atoms with Crippen LogP contribution < -0.4 is 20.9 Å². The van der Waals surface area contributed by atoms with Gasteiger partial charge in [-0.1, -0.05) is 41.9 Å². The smallest absolute Gasteiger partial charge is 0.279 e. The third-order valence-corrected chi connectivity index (χ3v) is 4.14. The Bertz CT molecular complexity index is 1050. The van der Waals surface area contributed by atoms with Gasteiger partial charge in [0.2, 0.25) is 0 Å². The van der Waals surface area contributed by atoms with Gasteiger partial charge in [0.25, 0.3) is 5.56 Å². The van der Waals surface area contributed by atoms with Gasteiger partial charge in [-0.3, -0.25) is 9.89 Å². The summed E-state index contributed by atoms with van der Waals surface area (Å²) in [4.78, 5) is 12.7. The topological polar surface area (TPSA) is 47.0 Å². The minimum Gasteiger partial charge on any atom is -0.497 e. The van der Waals surface area contributed by atoms with E-state index in [2.05, 4.69) is 11.7 Å². The molecule has 0 bridgehead atoms. The zero-order valence-electron chi connectivity index (χ0n) is 12.8. The van der Waals surface area contributed by atoms with Crippen molar-refractivity contribution in [1.82, 2.24) is 9.78 Å². The summed E-state index contributed by atoms with van der Waals surface area (Å²) in [5, 5.41) is 4.79. The summed E-state index contributed by atoms with van der Waals surface area (Å²) in [6.45, 7) is 3.90. The normalized spacial score (nSPS) is 11.7. The fourth-order valence-corrected chi connectivity index (χ4v) is 2.71. The number of halogens is 2. The lowest BCUT2D eigenvalue weighted by Gasteiger charge is -2.04. The van der Waals surface area contributed by atoms with E-state index in [0.29, 0.717) is 26.3 Å². The van der Waals surface area contributed by atoms with Crippen LogP contribution in [0.15, 0.2) is 47.3 Å². The Balaban J connectivity index is 2.16. The van der Waals surface area contributed by atoms with Gasteiger partial charge in [-0.05, 0) is 42.0 Å². The highest BCUT2D eigenvalue weighted by molar-refractivity contribution is 6.34.